The zero-order valence-electron chi connectivity index (χ0n) is 19.3. The summed E-state index contributed by atoms with van der Waals surface area (Å²) in [6.45, 7) is 8.98. The second kappa shape index (κ2) is 10.2. The first-order valence-corrected chi connectivity index (χ1v) is 12.8. The fourth-order valence-corrected chi connectivity index (χ4v) is 5.97. The Morgan fingerprint density at radius 1 is 1.15 bits per heavy atom. The van der Waals surface area contributed by atoms with Gasteiger partial charge in [-0.05, 0) is 73.2 Å². The van der Waals surface area contributed by atoms with Gasteiger partial charge in [-0.15, -0.1) is 11.3 Å². The van der Waals surface area contributed by atoms with Crippen molar-refractivity contribution in [2.75, 3.05) is 40.9 Å². The summed E-state index contributed by atoms with van der Waals surface area (Å²) in [7, 11) is -1.81. The standard InChI is InChI=1S/C24H27FN4O3S2/c1-15-14-16(2)22(28-9-11-32-12-10-28)17(3)21(15)27-24(30)23-20(8-13-33-23)29(26)34(31)19-6-4-18(25)5-7-19/h4-8,13-14H,9-12,26H2,1-3H3,(H,27,30). The molecule has 1 saturated heterocycles. The lowest BCUT2D eigenvalue weighted by Gasteiger charge is -2.32. The molecule has 1 aliphatic heterocycles. The zero-order chi connectivity index (χ0) is 24.4. The van der Waals surface area contributed by atoms with Gasteiger partial charge in [-0.2, -0.15) is 0 Å². The number of halogens is 1. The summed E-state index contributed by atoms with van der Waals surface area (Å²) in [5.74, 6) is 5.37. The van der Waals surface area contributed by atoms with E-state index in [9.17, 15) is 13.4 Å². The molecule has 4 rings (SSSR count). The van der Waals surface area contributed by atoms with Gasteiger partial charge in [-0.3, -0.25) is 4.79 Å². The van der Waals surface area contributed by atoms with Crippen molar-refractivity contribution in [1.82, 2.24) is 0 Å². The number of aryl methyl sites for hydroxylation is 2. The first-order chi connectivity index (χ1) is 16.3. The van der Waals surface area contributed by atoms with E-state index in [1.165, 1.54) is 35.6 Å². The molecular formula is C24H27FN4O3S2. The average molecular weight is 503 g/mol. The van der Waals surface area contributed by atoms with E-state index in [0.717, 1.165) is 45.6 Å². The predicted molar refractivity (Wildman–Crippen MR) is 135 cm³/mol. The topological polar surface area (TPSA) is 87.9 Å². The molecule has 34 heavy (non-hydrogen) atoms. The minimum Gasteiger partial charge on any atom is -0.378 e. The van der Waals surface area contributed by atoms with Gasteiger partial charge in [0.15, 0.2) is 11.0 Å². The number of hydrogen-bond acceptors (Lipinski definition) is 6. The Hall–Kier alpha value is -2.79. The van der Waals surface area contributed by atoms with Gasteiger partial charge in [-0.1, -0.05) is 6.07 Å². The smallest absolute Gasteiger partial charge is 0.267 e. The molecule has 0 radical (unpaired) electrons. The molecule has 2 aromatic carbocycles. The molecular weight excluding hydrogens is 475 g/mol. The van der Waals surface area contributed by atoms with Crippen molar-refractivity contribution in [1.29, 1.82) is 0 Å². The maximum absolute atomic E-state index is 13.3. The number of amides is 1. The molecule has 3 N–H and O–H groups in total. The number of morpholine rings is 1. The third-order valence-electron chi connectivity index (χ3n) is 5.78. The van der Waals surface area contributed by atoms with Crippen LogP contribution in [-0.4, -0.2) is 36.4 Å². The molecule has 0 saturated carbocycles. The number of benzene rings is 2. The first-order valence-electron chi connectivity index (χ1n) is 10.8. The molecule has 180 valence electrons. The van der Waals surface area contributed by atoms with Crippen LogP contribution in [0.5, 0.6) is 0 Å². The third kappa shape index (κ3) is 4.85. The highest BCUT2D eigenvalue weighted by Gasteiger charge is 2.24. The molecule has 1 aliphatic rings. The summed E-state index contributed by atoms with van der Waals surface area (Å²) in [5.41, 5.74) is 5.28. The van der Waals surface area contributed by atoms with Crippen LogP contribution in [0, 0.1) is 26.6 Å². The van der Waals surface area contributed by atoms with Gasteiger partial charge >= 0.3 is 0 Å². The predicted octanol–water partition coefficient (Wildman–Crippen LogP) is 4.30. The van der Waals surface area contributed by atoms with Crippen molar-refractivity contribution >= 4 is 45.3 Å². The Bertz CT molecular complexity index is 1220. The lowest BCUT2D eigenvalue weighted by molar-refractivity contribution is 0.103. The first kappa shape index (κ1) is 24.3. The highest BCUT2D eigenvalue weighted by atomic mass is 32.2. The Morgan fingerprint density at radius 3 is 2.50 bits per heavy atom. The average Bonchev–Trinajstić information content (AvgIpc) is 3.32. The summed E-state index contributed by atoms with van der Waals surface area (Å²) in [6, 6.07) is 8.97. The van der Waals surface area contributed by atoms with Crippen LogP contribution in [0.1, 0.15) is 26.4 Å². The van der Waals surface area contributed by atoms with Crippen molar-refractivity contribution in [3.05, 3.63) is 69.2 Å². The van der Waals surface area contributed by atoms with E-state index in [4.69, 9.17) is 10.6 Å². The maximum atomic E-state index is 13.3. The largest absolute Gasteiger partial charge is 0.378 e. The Labute approximate surface area is 204 Å². The Kier molecular flexibility index (Phi) is 7.32. The van der Waals surface area contributed by atoms with Gasteiger partial charge in [0.2, 0.25) is 0 Å². The number of nitrogens with zero attached hydrogens (tertiary/aromatic N) is 2. The normalized spacial score (nSPS) is 14.7. The number of nitrogens with one attached hydrogen (secondary N) is 1. The molecule has 0 spiro atoms. The quantitative estimate of drug-likeness (QED) is 0.388. The van der Waals surface area contributed by atoms with Crippen LogP contribution in [0.15, 0.2) is 46.7 Å². The molecule has 3 aromatic rings. The van der Waals surface area contributed by atoms with E-state index >= 15 is 0 Å². The lowest BCUT2D eigenvalue weighted by Crippen LogP contribution is -2.37. The van der Waals surface area contributed by atoms with Crippen LogP contribution in [0.25, 0.3) is 0 Å². The number of rotatable bonds is 6. The summed E-state index contributed by atoms with van der Waals surface area (Å²) in [5, 5.41) is 4.77. The SMILES string of the molecule is Cc1cc(C)c(N2CCOCC2)c(C)c1NC(=O)c1sccc1N(N)S(=O)c1ccc(F)cc1. The molecule has 1 atom stereocenters. The van der Waals surface area contributed by atoms with Gasteiger partial charge in [-0.25, -0.2) is 18.9 Å². The van der Waals surface area contributed by atoms with Crippen LogP contribution in [0.2, 0.25) is 0 Å². The second-order valence-corrected chi connectivity index (χ2v) is 10.4. The van der Waals surface area contributed by atoms with Gasteiger partial charge in [0, 0.05) is 24.5 Å². The van der Waals surface area contributed by atoms with E-state index in [-0.39, 0.29) is 5.91 Å². The van der Waals surface area contributed by atoms with Crippen LogP contribution >= 0.6 is 11.3 Å². The molecule has 1 fully saturated rings. The van der Waals surface area contributed by atoms with Crippen molar-refractivity contribution in [3.8, 4) is 0 Å². The van der Waals surface area contributed by atoms with Gasteiger partial charge in [0.05, 0.1) is 23.8 Å². The molecule has 10 heteroatoms. The minimum atomic E-state index is -1.81. The Morgan fingerprint density at radius 2 is 1.82 bits per heavy atom. The number of hydrogen-bond donors (Lipinski definition) is 2. The number of nitrogens with two attached hydrogens (primary N) is 1. The Balaban J connectivity index is 1.60. The van der Waals surface area contributed by atoms with Crippen molar-refractivity contribution in [2.45, 2.75) is 25.7 Å². The maximum Gasteiger partial charge on any atom is 0.267 e. The molecule has 2 heterocycles. The monoisotopic (exact) mass is 502 g/mol. The summed E-state index contributed by atoms with van der Waals surface area (Å²) in [6.07, 6.45) is 0. The third-order valence-corrected chi connectivity index (χ3v) is 7.91. The van der Waals surface area contributed by atoms with E-state index in [0.29, 0.717) is 28.7 Å². The summed E-state index contributed by atoms with van der Waals surface area (Å²) >= 11 is 1.21. The highest BCUT2D eigenvalue weighted by Crippen LogP contribution is 2.35. The molecule has 1 unspecified atom stereocenters. The number of anilines is 3. The summed E-state index contributed by atoms with van der Waals surface area (Å²) < 4.78 is 32.7. The van der Waals surface area contributed by atoms with E-state index in [2.05, 4.69) is 23.2 Å². The number of ether oxygens (including phenoxy) is 1. The van der Waals surface area contributed by atoms with E-state index in [1.807, 2.05) is 13.8 Å². The van der Waals surface area contributed by atoms with E-state index < -0.39 is 16.8 Å². The second-order valence-electron chi connectivity index (χ2n) is 8.08. The number of thiophene rings is 1. The molecule has 7 nitrogen and oxygen atoms in total. The van der Waals surface area contributed by atoms with Crippen molar-refractivity contribution in [2.24, 2.45) is 5.84 Å². The fourth-order valence-electron chi connectivity index (χ4n) is 4.21. The molecule has 1 aromatic heterocycles. The molecule has 0 bridgehead atoms. The van der Waals surface area contributed by atoms with E-state index in [1.54, 1.807) is 11.4 Å². The minimum absolute atomic E-state index is 0.334. The molecule has 1 amide bonds. The summed E-state index contributed by atoms with van der Waals surface area (Å²) in [4.78, 5) is 16.3. The van der Waals surface area contributed by atoms with Crippen LogP contribution in [0.3, 0.4) is 0 Å². The van der Waals surface area contributed by atoms with Gasteiger partial charge in [0.1, 0.15) is 10.7 Å². The number of carbonyl (C=O) groups is 1. The lowest BCUT2D eigenvalue weighted by atomic mass is 10.0. The van der Waals surface area contributed by atoms with Crippen molar-refractivity contribution in [3.63, 3.8) is 0 Å². The van der Waals surface area contributed by atoms with Gasteiger partial charge < -0.3 is 15.0 Å². The highest BCUT2D eigenvalue weighted by molar-refractivity contribution is 7.86. The number of carbonyl (C=O) groups excluding carboxylic acids is 1. The fraction of sp³-hybridized carbons (Fsp3) is 0.292. The zero-order valence-corrected chi connectivity index (χ0v) is 20.9. The van der Waals surface area contributed by atoms with Gasteiger partial charge in [0.25, 0.3) is 5.91 Å². The van der Waals surface area contributed by atoms with Crippen LogP contribution in [0.4, 0.5) is 21.5 Å². The van der Waals surface area contributed by atoms with Crippen LogP contribution in [-0.2, 0) is 15.7 Å². The molecule has 0 aliphatic carbocycles. The van der Waals surface area contributed by atoms with Crippen molar-refractivity contribution < 1.29 is 18.1 Å². The van der Waals surface area contributed by atoms with Crippen LogP contribution < -0.4 is 20.5 Å². The number of hydrazine groups is 1.